The number of amides is 1. The topological polar surface area (TPSA) is 58.6 Å². The maximum absolute atomic E-state index is 12.2. The maximum Gasteiger partial charge on any atom is 0.263 e. The van der Waals surface area contributed by atoms with Gasteiger partial charge >= 0.3 is 0 Å². The number of thiophene rings is 1. The Balaban J connectivity index is 1.43. The first-order valence-corrected chi connectivity index (χ1v) is 9.78. The fourth-order valence-electron chi connectivity index (χ4n) is 3.73. The lowest BCUT2D eigenvalue weighted by molar-refractivity contribution is 0.0832. The van der Waals surface area contributed by atoms with Gasteiger partial charge in [-0.25, -0.2) is 4.98 Å². The SMILES string of the molecule is Cc1nc(C)c2c(n1)O[C@@H](CN1CCc3sc(C(=O)N(C)C)cc3C1)C2. The molecule has 4 rings (SSSR count). The van der Waals surface area contributed by atoms with Crippen molar-refractivity contribution < 1.29 is 9.53 Å². The number of hydrogen-bond donors (Lipinski definition) is 0. The molecule has 26 heavy (non-hydrogen) atoms. The van der Waals surface area contributed by atoms with Crippen LogP contribution < -0.4 is 4.74 Å². The average molecular weight is 372 g/mol. The third-order valence-electron chi connectivity index (χ3n) is 5.02. The van der Waals surface area contributed by atoms with E-state index in [0.29, 0.717) is 0 Å². The van der Waals surface area contributed by atoms with E-state index in [9.17, 15) is 4.79 Å². The second-order valence-electron chi connectivity index (χ2n) is 7.33. The minimum Gasteiger partial charge on any atom is -0.472 e. The summed E-state index contributed by atoms with van der Waals surface area (Å²) in [5.41, 5.74) is 3.46. The van der Waals surface area contributed by atoms with Gasteiger partial charge in [0.1, 0.15) is 11.9 Å². The summed E-state index contributed by atoms with van der Waals surface area (Å²) in [7, 11) is 3.60. The molecule has 0 unspecified atom stereocenters. The number of ether oxygens (including phenoxy) is 1. The van der Waals surface area contributed by atoms with E-state index in [0.717, 1.165) is 60.3 Å². The molecule has 0 saturated heterocycles. The molecule has 4 heterocycles. The third kappa shape index (κ3) is 3.21. The molecule has 6 nitrogen and oxygen atoms in total. The number of fused-ring (bicyclic) bond motifs is 2. The molecule has 0 radical (unpaired) electrons. The standard InChI is InChI=1S/C19H24N4O2S/c1-11-15-8-14(25-18(15)21-12(2)20-11)10-23-6-5-16-13(9-23)7-17(26-16)19(24)22(3)4/h7,14H,5-6,8-10H2,1-4H3/t14-/m1/s1. The van der Waals surface area contributed by atoms with Gasteiger partial charge in [0.2, 0.25) is 5.88 Å². The first-order chi connectivity index (χ1) is 12.4. The Morgan fingerprint density at radius 3 is 2.96 bits per heavy atom. The second kappa shape index (κ2) is 6.63. The van der Waals surface area contributed by atoms with Crippen molar-refractivity contribution in [3.05, 3.63) is 38.5 Å². The molecule has 0 spiro atoms. The van der Waals surface area contributed by atoms with E-state index in [4.69, 9.17) is 4.74 Å². The molecule has 2 aliphatic heterocycles. The van der Waals surface area contributed by atoms with Crippen LogP contribution in [0.25, 0.3) is 0 Å². The number of rotatable bonds is 3. The van der Waals surface area contributed by atoms with Gasteiger partial charge in [-0.05, 0) is 31.9 Å². The third-order valence-corrected chi connectivity index (χ3v) is 6.25. The molecule has 7 heteroatoms. The van der Waals surface area contributed by atoms with Crippen LogP contribution >= 0.6 is 11.3 Å². The molecule has 0 bridgehead atoms. The van der Waals surface area contributed by atoms with Gasteiger partial charge in [-0.3, -0.25) is 9.69 Å². The van der Waals surface area contributed by atoms with Crippen molar-refractivity contribution in [1.82, 2.24) is 19.8 Å². The molecule has 2 aromatic rings. The molecule has 0 fully saturated rings. The first kappa shape index (κ1) is 17.4. The minimum atomic E-state index is 0.0925. The Morgan fingerprint density at radius 1 is 1.38 bits per heavy atom. The van der Waals surface area contributed by atoms with Gasteiger partial charge < -0.3 is 9.64 Å². The summed E-state index contributed by atoms with van der Waals surface area (Å²) in [5.74, 6) is 1.61. The quantitative estimate of drug-likeness (QED) is 0.827. The number of nitrogens with zero attached hydrogens (tertiary/aromatic N) is 4. The van der Waals surface area contributed by atoms with Crippen molar-refractivity contribution in [2.24, 2.45) is 0 Å². The highest BCUT2D eigenvalue weighted by atomic mass is 32.1. The monoisotopic (exact) mass is 372 g/mol. The number of aryl methyl sites for hydroxylation is 2. The first-order valence-electron chi connectivity index (χ1n) is 8.97. The molecular weight excluding hydrogens is 348 g/mol. The molecule has 0 saturated carbocycles. The van der Waals surface area contributed by atoms with Crippen molar-refractivity contribution >= 4 is 17.2 Å². The second-order valence-corrected chi connectivity index (χ2v) is 8.46. The van der Waals surface area contributed by atoms with Crippen LogP contribution in [0.3, 0.4) is 0 Å². The van der Waals surface area contributed by atoms with Crippen LogP contribution in [0.4, 0.5) is 0 Å². The lowest BCUT2D eigenvalue weighted by atomic mass is 10.1. The lowest BCUT2D eigenvalue weighted by Crippen LogP contribution is -2.37. The van der Waals surface area contributed by atoms with E-state index in [-0.39, 0.29) is 12.0 Å². The molecule has 1 amide bonds. The van der Waals surface area contributed by atoms with Crippen molar-refractivity contribution in [2.75, 3.05) is 27.2 Å². The van der Waals surface area contributed by atoms with Crippen LogP contribution in [0.15, 0.2) is 6.07 Å². The zero-order valence-electron chi connectivity index (χ0n) is 15.7. The molecule has 2 aromatic heterocycles. The van der Waals surface area contributed by atoms with Crippen molar-refractivity contribution in [3.8, 4) is 5.88 Å². The summed E-state index contributed by atoms with van der Waals surface area (Å²) >= 11 is 1.64. The van der Waals surface area contributed by atoms with Gasteiger partial charge in [0.25, 0.3) is 5.91 Å². The predicted octanol–water partition coefficient (Wildman–Crippen LogP) is 2.22. The zero-order valence-corrected chi connectivity index (χ0v) is 16.5. The van der Waals surface area contributed by atoms with Crippen molar-refractivity contribution in [2.45, 2.75) is 39.3 Å². The average Bonchev–Trinajstić information content (AvgIpc) is 3.17. The highest BCUT2D eigenvalue weighted by molar-refractivity contribution is 7.14. The van der Waals surface area contributed by atoms with Crippen LogP contribution in [0.5, 0.6) is 5.88 Å². The van der Waals surface area contributed by atoms with Gasteiger partial charge in [-0.2, -0.15) is 4.98 Å². The smallest absolute Gasteiger partial charge is 0.263 e. The molecule has 0 N–H and O–H groups in total. The summed E-state index contributed by atoms with van der Waals surface area (Å²) in [6, 6.07) is 2.07. The highest BCUT2D eigenvalue weighted by Crippen LogP contribution is 2.32. The molecule has 2 aliphatic rings. The molecule has 138 valence electrons. The summed E-state index contributed by atoms with van der Waals surface area (Å²) in [6.07, 6.45) is 2.00. The number of carbonyl (C=O) groups is 1. The fourth-order valence-corrected chi connectivity index (χ4v) is 4.91. The van der Waals surface area contributed by atoms with Crippen LogP contribution in [-0.2, 0) is 19.4 Å². The summed E-state index contributed by atoms with van der Waals surface area (Å²) in [5, 5.41) is 0. The van der Waals surface area contributed by atoms with Crippen LogP contribution in [0, 0.1) is 13.8 Å². The van der Waals surface area contributed by atoms with E-state index in [2.05, 4.69) is 20.9 Å². The van der Waals surface area contributed by atoms with Gasteiger partial charge in [-0.15, -0.1) is 11.3 Å². The Morgan fingerprint density at radius 2 is 2.19 bits per heavy atom. The van der Waals surface area contributed by atoms with Crippen LogP contribution in [0.2, 0.25) is 0 Å². The minimum absolute atomic E-state index is 0.0925. The Bertz CT molecular complexity index is 861. The van der Waals surface area contributed by atoms with E-state index < -0.39 is 0 Å². The molecule has 0 aromatic carbocycles. The lowest BCUT2D eigenvalue weighted by Gasteiger charge is -2.28. The zero-order chi connectivity index (χ0) is 18.4. The summed E-state index contributed by atoms with van der Waals surface area (Å²) in [4.78, 5) is 27.3. The summed E-state index contributed by atoms with van der Waals surface area (Å²) in [6.45, 7) is 6.69. The van der Waals surface area contributed by atoms with Gasteiger partial charge in [0.15, 0.2) is 0 Å². The van der Waals surface area contributed by atoms with E-state index in [1.807, 2.05) is 13.8 Å². The van der Waals surface area contributed by atoms with E-state index in [1.165, 1.54) is 10.4 Å². The fraction of sp³-hybridized carbons (Fsp3) is 0.526. The number of hydrogen-bond acceptors (Lipinski definition) is 6. The van der Waals surface area contributed by atoms with Crippen LogP contribution in [0.1, 0.15) is 37.2 Å². The number of aromatic nitrogens is 2. The predicted molar refractivity (Wildman–Crippen MR) is 101 cm³/mol. The largest absolute Gasteiger partial charge is 0.472 e. The van der Waals surface area contributed by atoms with E-state index in [1.54, 1.807) is 30.3 Å². The van der Waals surface area contributed by atoms with Crippen molar-refractivity contribution in [1.29, 1.82) is 0 Å². The summed E-state index contributed by atoms with van der Waals surface area (Å²) < 4.78 is 6.08. The Kier molecular flexibility index (Phi) is 4.44. The van der Waals surface area contributed by atoms with Crippen LogP contribution in [-0.4, -0.2) is 59.0 Å². The molecule has 1 atom stereocenters. The normalized spacial score (nSPS) is 19.0. The van der Waals surface area contributed by atoms with E-state index >= 15 is 0 Å². The Hall–Kier alpha value is -1.99. The Labute approximate surface area is 157 Å². The number of carbonyl (C=O) groups excluding carboxylic acids is 1. The molecule has 0 aliphatic carbocycles. The molecular formula is C19H24N4O2S. The van der Waals surface area contributed by atoms with Gasteiger partial charge in [0, 0.05) is 56.3 Å². The van der Waals surface area contributed by atoms with Gasteiger partial charge in [0.05, 0.1) is 4.88 Å². The van der Waals surface area contributed by atoms with Gasteiger partial charge in [-0.1, -0.05) is 0 Å². The highest BCUT2D eigenvalue weighted by Gasteiger charge is 2.30. The van der Waals surface area contributed by atoms with Crippen molar-refractivity contribution in [3.63, 3.8) is 0 Å². The maximum atomic E-state index is 12.2.